The van der Waals surface area contributed by atoms with Crippen LogP contribution < -0.4 is 5.32 Å². The minimum Gasteiger partial charge on any atom is -0.463 e. The van der Waals surface area contributed by atoms with Crippen LogP contribution in [0.15, 0.2) is 64.6 Å². The molecule has 1 N–H and O–H groups in total. The summed E-state index contributed by atoms with van der Waals surface area (Å²) in [6, 6.07) is 14.8. The van der Waals surface area contributed by atoms with Crippen LogP contribution in [0.25, 0.3) is 17.1 Å². The summed E-state index contributed by atoms with van der Waals surface area (Å²) in [5.41, 5.74) is 2.66. The van der Waals surface area contributed by atoms with E-state index in [-0.39, 0.29) is 5.91 Å². The molecule has 0 saturated carbocycles. The number of nitrogens with one attached hydrogen (secondary N) is 1. The molecule has 0 fully saturated rings. The molecule has 1 aromatic carbocycles. The number of benzene rings is 1. The summed E-state index contributed by atoms with van der Waals surface area (Å²) in [6.45, 7) is 1.88. The van der Waals surface area contributed by atoms with Gasteiger partial charge in [-0.1, -0.05) is 18.2 Å². The molecule has 0 unspecified atom stereocenters. The first-order chi connectivity index (χ1) is 12.2. The zero-order valence-electron chi connectivity index (χ0n) is 13.3. The minimum atomic E-state index is -0.275. The smallest absolute Gasteiger partial charge is 0.276 e. The molecule has 6 nitrogen and oxygen atoms in total. The Hall–Kier alpha value is -3.19. The molecule has 0 spiro atoms. The van der Waals surface area contributed by atoms with Crippen LogP contribution in [0.2, 0.25) is 0 Å². The Morgan fingerprint density at radius 3 is 2.72 bits per heavy atom. The molecule has 3 aromatic heterocycles. The van der Waals surface area contributed by atoms with Gasteiger partial charge in [0.2, 0.25) is 0 Å². The van der Waals surface area contributed by atoms with E-state index < -0.39 is 0 Å². The minimum absolute atomic E-state index is 0.275. The van der Waals surface area contributed by atoms with Gasteiger partial charge in [-0.25, -0.2) is 9.67 Å². The number of aromatic nitrogens is 3. The topological polar surface area (TPSA) is 73.0 Å². The van der Waals surface area contributed by atoms with Crippen LogP contribution >= 0.6 is 11.3 Å². The van der Waals surface area contributed by atoms with Crippen LogP contribution in [-0.4, -0.2) is 20.7 Å². The number of para-hydroxylation sites is 1. The second-order valence-corrected chi connectivity index (χ2v) is 6.25. The lowest BCUT2D eigenvalue weighted by atomic mass is 10.2. The molecule has 124 valence electrons. The van der Waals surface area contributed by atoms with Crippen LogP contribution in [0.3, 0.4) is 0 Å². The highest BCUT2D eigenvalue weighted by Crippen LogP contribution is 2.23. The van der Waals surface area contributed by atoms with Gasteiger partial charge < -0.3 is 4.42 Å². The Morgan fingerprint density at radius 1 is 1.20 bits per heavy atom. The van der Waals surface area contributed by atoms with E-state index in [9.17, 15) is 4.79 Å². The third kappa shape index (κ3) is 3.09. The van der Waals surface area contributed by atoms with Crippen molar-refractivity contribution in [2.24, 2.45) is 0 Å². The van der Waals surface area contributed by atoms with Gasteiger partial charge in [-0.15, -0.1) is 11.3 Å². The van der Waals surface area contributed by atoms with Gasteiger partial charge in [-0.3, -0.25) is 10.1 Å². The van der Waals surface area contributed by atoms with Crippen molar-refractivity contribution in [3.63, 3.8) is 0 Å². The average molecular weight is 350 g/mol. The number of rotatable bonds is 4. The Bertz CT molecular complexity index is 1000. The molecule has 0 aliphatic rings. The number of thiazole rings is 1. The number of hydrogen-bond acceptors (Lipinski definition) is 5. The monoisotopic (exact) mass is 350 g/mol. The maximum absolute atomic E-state index is 12.8. The molecule has 1 amide bonds. The third-order valence-corrected chi connectivity index (χ3v) is 4.43. The molecule has 25 heavy (non-hydrogen) atoms. The van der Waals surface area contributed by atoms with Crippen molar-refractivity contribution in [3.05, 3.63) is 71.6 Å². The SMILES string of the molecule is Cc1csc(NC(=O)c2cc(-c3ccco3)nn2-c2ccccc2)n1. The van der Waals surface area contributed by atoms with Crippen molar-refractivity contribution in [1.82, 2.24) is 14.8 Å². The summed E-state index contributed by atoms with van der Waals surface area (Å²) in [5.74, 6) is 0.331. The van der Waals surface area contributed by atoms with Crippen molar-refractivity contribution in [1.29, 1.82) is 0 Å². The zero-order valence-corrected chi connectivity index (χ0v) is 14.2. The van der Waals surface area contributed by atoms with Crippen molar-refractivity contribution in [2.45, 2.75) is 6.92 Å². The van der Waals surface area contributed by atoms with Crippen LogP contribution in [0.4, 0.5) is 5.13 Å². The fourth-order valence-electron chi connectivity index (χ4n) is 2.43. The summed E-state index contributed by atoms with van der Waals surface area (Å²) in [5, 5.41) is 9.81. The van der Waals surface area contributed by atoms with Gasteiger partial charge in [0.05, 0.1) is 17.6 Å². The molecular weight excluding hydrogens is 336 g/mol. The number of carbonyl (C=O) groups is 1. The van der Waals surface area contributed by atoms with E-state index in [2.05, 4.69) is 15.4 Å². The quantitative estimate of drug-likeness (QED) is 0.600. The fraction of sp³-hybridized carbons (Fsp3) is 0.0556. The highest BCUT2D eigenvalue weighted by atomic mass is 32.1. The van der Waals surface area contributed by atoms with E-state index >= 15 is 0 Å². The van der Waals surface area contributed by atoms with Crippen molar-refractivity contribution < 1.29 is 9.21 Å². The van der Waals surface area contributed by atoms with Crippen LogP contribution in [0.5, 0.6) is 0 Å². The van der Waals surface area contributed by atoms with Crippen LogP contribution in [-0.2, 0) is 0 Å². The summed E-state index contributed by atoms with van der Waals surface area (Å²) in [6.07, 6.45) is 1.58. The van der Waals surface area contributed by atoms with Crippen molar-refractivity contribution >= 4 is 22.4 Å². The van der Waals surface area contributed by atoms with Gasteiger partial charge in [0.15, 0.2) is 10.9 Å². The Kier molecular flexibility index (Phi) is 3.91. The summed E-state index contributed by atoms with van der Waals surface area (Å²) < 4.78 is 7.01. The molecule has 4 rings (SSSR count). The van der Waals surface area contributed by atoms with Gasteiger partial charge in [0, 0.05) is 11.4 Å². The van der Waals surface area contributed by atoms with Gasteiger partial charge in [-0.05, 0) is 31.2 Å². The molecule has 3 heterocycles. The van der Waals surface area contributed by atoms with Gasteiger partial charge >= 0.3 is 0 Å². The van der Waals surface area contributed by atoms with Crippen molar-refractivity contribution in [3.8, 4) is 17.1 Å². The summed E-state index contributed by atoms with van der Waals surface area (Å²) in [7, 11) is 0. The number of aryl methyl sites for hydroxylation is 1. The van der Waals surface area contributed by atoms with Gasteiger partial charge in [0.25, 0.3) is 5.91 Å². The zero-order chi connectivity index (χ0) is 17.2. The molecule has 0 radical (unpaired) electrons. The number of amides is 1. The van der Waals surface area contributed by atoms with E-state index in [1.165, 1.54) is 11.3 Å². The lowest BCUT2D eigenvalue weighted by Crippen LogP contribution is -2.16. The van der Waals surface area contributed by atoms with Gasteiger partial charge in [0.1, 0.15) is 11.4 Å². The van der Waals surface area contributed by atoms with Gasteiger partial charge in [-0.2, -0.15) is 5.10 Å². The van der Waals surface area contributed by atoms with E-state index in [1.807, 2.05) is 48.7 Å². The predicted octanol–water partition coefficient (Wildman–Crippen LogP) is 4.15. The average Bonchev–Trinajstić information content (AvgIpc) is 3.35. The Labute approximate surface area is 147 Å². The second-order valence-electron chi connectivity index (χ2n) is 5.39. The van der Waals surface area contributed by atoms with E-state index in [4.69, 9.17) is 4.42 Å². The Morgan fingerprint density at radius 2 is 2.04 bits per heavy atom. The summed E-state index contributed by atoms with van der Waals surface area (Å²) >= 11 is 1.39. The molecular formula is C18H14N4O2S. The third-order valence-electron chi connectivity index (χ3n) is 3.56. The number of nitrogens with zero attached hydrogens (tertiary/aromatic N) is 3. The highest BCUT2D eigenvalue weighted by Gasteiger charge is 2.19. The molecule has 4 aromatic rings. The first-order valence-corrected chi connectivity index (χ1v) is 8.51. The van der Waals surface area contributed by atoms with Crippen LogP contribution in [0, 0.1) is 6.92 Å². The molecule has 0 saturated heterocycles. The first kappa shape index (κ1) is 15.3. The molecule has 7 heteroatoms. The maximum Gasteiger partial charge on any atom is 0.276 e. The lowest BCUT2D eigenvalue weighted by Gasteiger charge is -2.06. The number of anilines is 1. The molecule has 0 aliphatic heterocycles. The Balaban J connectivity index is 1.75. The second kappa shape index (κ2) is 6.37. The number of hydrogen-bond donors (Lipinski definition) is 1. The van der Waals surface area contributed by atoms with E-state index in [0.29, 0.717) is 22.3 Å². The van der Waals surface area contributed by atoms with E-state index in [0.717, 1.165) is 11.4 Å². The number of furan rings is 1. The highest BCUT2D eigenvalue weighted by molar-refractivity contribution is 7.13. The molecule has 0 aliphatic carbocycles. The maximum atomic E-state index is 12.8. The normalized spacial score (nSPS) is 10.8. The van der Waals surface area contributed by atoms with E-state index in [1.54, 1.807) is 23.1 Å². The fourth-order valence-corrected chi connectivity index (χ4v) is 3.11. The standard InChI is InChI=1S/C18H14N4O2S/c1-12-11-25-18(19-12)20-17(23)15-10-14(16-8-5-9-24-16)21-22(15)13-6-3-2-4-7-13/h2-11H,1H3,(H,19,20,23). The predicted molar refractivity (Wildman–Crippen MR) is 96.1 cm³/mol. The molecule has 0 atom stereocenters. The largest absolute Gasteiger partial charge is 0.463 e. The molecule has 0 bridgehead atoms. The number of carbonyl (C=O) groups excluding carboxylic acids is 1. The first-order valence-electron chi connectivity index (χ1n) is 7.63. The lowest BCUT2D eigenvalue weighted by molar-refractivity contribution is 0.101. The van der Waals surface area contributed by atoms with Crippen LogP contribution in [0.1, 0.15) is 16.2 Å². The van der Waals surface area contributed by atoms with Crippen molar-refractivity contribution in [2.75, 3.05) is 5.32 Å². The summed E-state index contributed by atoms with van der Waals surface area (Å²) in [4.78, 5) is 17.0.